The van der Waals surface area contributed by atoms with Gasteiger partial charge in [-0.25, -0.2) is 14.4 Å². The van der Waals surface area contributed by atoms with Crippen LogP contribution in [0.1, 0.15) is 0 Å². The van der Waals surface area contributed by atoms with Crippen LogP contribution in [0.3, 0.4) is 0 Å². The Morgan fingerprint density at radius 2 is 1.47 bits per heavy atom. The van der Waals surface area contributed by atoms with Crippen LogP contribution in [0.2, 0.25) is 0 Å². The van der Waals surface area contributed by atoms with Crippen LogP contribution in [0.5, 0.6) is 0 Å². The molecule has 0 aromatic heterocycles. The van der Waals surface area contributed by atoms with Crippen molar-refractivity contribution in [1.29, 1.82) is 0 Å². The van der Waals surface area contributed by atoms with E-state index in [1.54, 1.807) is 0 Å². The maximum Gasteiger partial charge on any atom is 0.508 e. The summed E-state index contributed by atoms with van der Waals surface area (Å²) in [5.41, 5.74) is 0. The Morgan fingerprint density at radius 3 is 1.94 bits per heavy atom. The van der Waals surface area contributed by atoms with E-state index in [4.69, 9.17) is 20.1 Å². The lowest BCUT2D eigenvalue weighted by Gasteiger charge is -2.19. The van der Waals surface area contributed by atoms with Crippen LogP contribution >= 0.6 is 0 Å². The van der Waals surface area contributed by atoms with E-state index in [9.17, 15) is 14.4 Å². The molecule has 3 atom stereocenters. The van der Waals surface area contributed by atoms with Gasteiger partial charge in [0.05, 0.1) is 6.61 Å². The molecule has 3 unspecified atom stereocenters. The molecule has 1 aliphatic rings. The molecule has 1 aliphatic heterocycles. The van der Waals surface area contributed by atoms with E-state index in [0.29, 0.717) is 0 Å². The van der Waals surface area contributed by atoms with Gasteiger partial charge in [-0.2, -0.15) is 0 Å². The molecule has 1 fully saturated rings. The molecule has 0 bridgehead atoms. The molecule has 1 saturated heterocycles. The van der Waals surface area contributed by atoms with Gasteiger partial charge in [0.1, 0.15) is 0 Å². The predicted octanol–water partition coefficient (Wildman–Crippen LogP) is 0.164. The van der Waals surface area contributed by atoms with Gasteiger partial charge in [-0.1, -0.05) is 0 Å². The smallest absolute Gasteiger partial charge is 0.450 e. The second-order valence-electron chi connectivity index (χ2n) is 2.86. The minimum absolute atomic E-state index is 0.373. The zero-order chi connectivity index (χ0) is 13.0. The molecule has 10 nitrogen and oxygen atoms in total. The summed E-state index contributed by atoms with van der Waals surface area (Å²) in [4.78, 5) is 30.9. The zero-order valence-corrected chi connectivity index (χ0v) is 8.14. The lowest BCUT2D eigenvalue weighted by atomic mass is 10.2. The summed E-state index contributed by atoms with van der Waals surface area (Å²) >= 11 is 0. The van der Waals surface area contributed by atoms with Crippen molar-refractivity contribution in [1.82, 2.24) is 0 Å². The van der Waals surface area contributed by atoms with Gasteiger partial charge in [0.25, 0.3) is 0 Å². The Hall–Kier alpha value is -2.23. The van der Waals surface area contributed by atoms with Gasteiger partial charge in [-0.15, -0.1) is 0 Å². The van der Waals surface area contributed by atoms with E-state index in [2.05, 4.69) is 14.2 Å². The van der Waals surface area contributed by atoms with E-state index in [1.165, 1.54) is 0 Å². The lowest BCUT2D eigenvalue weighted by molar-refractivity contribution is -0.134. The highest BCUT2D eigenvalue weighted by Gasteiger charge is 2.45. The van der Waals surface area contributed by atoms with E-state index in [1.807, 2.05) is 0 Å². The third-order valence-electron chi connectivity index (χ3n) is 1.77. The Kier molecular flexibility index (Phi) is 3.93. The first-order valence-electron chi connectivity index (χ1n) is 4.20. The minimum atomic E-state index is -1.74. The van der Waals surface area contributed by atoms with Crippen molar-refractivity contribution in [3.8, 4) is 0 Å². The van der Waals surface area contributed by atoms with Crippen LogP contribution in [0.15, 0.2) is 0 Å². The molecule has 17 heavy (non-hydrogen) atoms. The number of carboxylic acid groups (broad SMARTS) is 3. The number of hydrogen-bond donors (Lipinski definition) is 3. The maximum atomic E-state index is 10.3. The first-order chi connectivity index (χ1) is 7.90. The molecule has 0 aromatic rings. The van der Waals surface area contributed by atoms with Crippen molar-refractivity contribution >= 4 is 18.5 Å². The van der Waals surface area contributed by atoms with Crippen molar-refractivity contribution in [2.75, 3.05) is 6.61 Å². The molecular formula is C7H8O10. The average Bonchev–Trinajstić information content (AvgIpc) is 2.47. The van der Waals surface area contributed by atoms with Crippen LogP contribution in [-0.4, -0.2) is 58.9 Å². The van der Waals surface area contributed by atoms with Crippen LogP contribution < -0.4 is 0 Å². The largest absolute Gasteiger partial charge is 0.508 e. The fourth-order valence-corrected chi connectivity index (χ4v) is 1.23. The fourth-order valence-electron chi connectivity index (χ4n) is 1.23. The summed E-state index contributed by atoms with van der Waals surface area (Å²) in [5, 5.41) is 25.1. The molecule has 3 N–H and O–H groups in total. The van der Waals surface area contributed by atoms with Crippen molar-refractivity contribution in [3.05, 3.63) is 0 Å². The molecule has 10 heteroatoms. The highest BCUT2D eigenvalue weighted by molar-refractivity contribution is 5.59. The van der Waals surface area contributed by atoms with Crippen LogP contribution in [0, 0.1) is 0 Å². The van der Waals surface area contributed by atoms with Crippen molar-refractivity contribution < 1.29 is 48.7 Å². The molecule has 1 rings (SSSR count). The Balaban J connectivity index is 2.69. The summed E-state index contributed by atoms with van der Waals surface area (Å²) in [5.74, 6) is 0. The van der Waals surface area contributed by atoms with E-state index >= 15 is 0 Å². The second-order valence-corrected chi connectivity index (χ2v) is 2.86. The highest BCUT2D eigenvalue weighted by Crippen LogP contribution is 2.22. The summed E-state index contributed by atoms with van der Waals surface area (Å²) < 4.78 is 17.4. The molecule has 0 saturated carbocycles. The molecule has 1 heterocycles. The normalized spacial score (nSPS) is 27.2. The predicted molar refractivity (Wildman–Crippen MR) is 44.6 cm³/mol. The van der Waals surface area contributed by atoms with Crippen molar-refractivity contribution in [3.63, 3.8) is 0 Å². The molecule has 0 aliphatic carbocycles. The molecule has 96 valence electrons. The highest BCUT2D eigenvalue weighted by atomic mass is 16.8. The molecule has 0 aromatic carbocycles. The zero-order valence-electron chi connectivity index (χ0n) is 8.14. The average molecular weight is 252 g/mol. The third kappa shape index (κ3) is 3.68. The number of carbonyl (C=O) groups is 3. The quantitative estimate of drug-likeness (QED) is 0.468. The van der Waals surface area contributed by atoms with E-state index < -0.39 is 37.0 Å². The van der Waals surface area contributed by atoms with Crippen LogP contribution in [0.25, 0.3) is 0 Å². The van der Waals surface area contributed by atoms with Crippen LogP contribution in [-0.2, 0) is 18.9 Å². The Bertz CT molecular complexity index is 301. The number of ether oxygens (including phenoxy) is 4. The Morgan fingerprint density at radius 1 is 0.941 bits per heavy atom. The number of hydrogen-bond acceptors (Lipinski definition) is 7. The molecule has 0 amide bonds. The van der Waals surface area contributed by atoms with Crippen LogP contribution in [0.4, 0.5) is 14.4 Å². The Labute approximate surface area is 93.2 Å². The lowest BCUT2D eigenvalue weighted by Crippen LogP contribution is -2.39. The van der Waals surface area contributed by atoms with Gasteiger partial charge < -0.3 is 34.3 Å². The van der Waals surface area contributed by atoms with Crippen molar-refractivity contribution in [2.45, 2.75) is 18.5 Å². The minimum Gasteiger partial charge on any atom is -0.450 e. The molecule has 0 radical (unpaired) electrons. The first kappa shape index (κ1) is 12.8. The van der Waals surface area contributed by atoms with E-state index in [0.717, 1.165) is 0 Å². The van der Waals surface area contributed by atoms with Gasteiger partial charge in [0.15, 0.2) is 6.10 Å². The third-order valence-corrected chi connectivity index (χ3v) is 1.77. The topological polar surface area (TPSA) is 149 Å². The molecule has 0 spiro atoms. The summed E-state index contributed by atoms with van der Waals surface area (Å²) in [6, 6.07) is 0. The standard InChI is InChI=1S/C7H8O10/c8-5(9)15-2-1-14-4(17-7(12)13)3(2)16-6(10)11/h2-4H,1H2,(H,8,9)(H,10,11)(H,12,13). The van der Waals surface area contributed by atoms with Gasteiger partial charge in [0.2, 0.25) is 12.4 Å². The summed E-state index contributed by atoms with van der Waals surface area (Å²) in [6.45, 7) is -0.373. The van der Waals surface area contributed by atoms with Gasteiger partial charge in [0, 0.05) is 0 Å². The SMILES string of the molecule is O=C(O)OC1COC(OC(=O)O)C1OC(=O)O. The molecular weight excluding hydrogens is 244 g/mol. The van der Waals surface area contributed by atoms with Gasteiger partial charge in [-0.3, -0.25) is 0 Å². The number of rotatable bonds is 3. The van der Waals surface area contributed by atoms with Gasteiger partial charge >= 0.3 is 18.5 Å². The fraction of sp³-hybridized carbons (Fsp3) is 0.571. The van der Waals surface area contributed by atoms with E-state index in [-0.39, 0.29) is 6.61 Å². The summed E-state index contributed by atoms with van der Waals surface area (Å²) in [6.07, 6.45) is -9.47. The van der Waals surface area contributed by atoms with Crippen molar-refractivity contribution in [2.24, 2.45) is 0 Å². The second kappa shape index (κ2) is 5.21. The first-order valence-corrected chi connectivity index (χ1v) is 4.20. The monoisotopic (exact) mass is 252 g/mol. The summed E-state index contributed by atoms with van der Waals surface area (Å²) in [7, 11) is 0. The van der Waals surface area contributed by atoms with Gasteiger partial charge in [-0.05, 0) is 0 Å². The maximum absolute atomic E-state index is 10.3.